The van der Waals surface area contributed by atoms with Crippen molar-refractivity contribution in [3.8, 4) is 11.5 Å². The van der Waals surface area contributed by atoms with E-state index in [-0.39, 0.29) is 9.90 Å². The molecule has 0 spiro atoms. The van der Waals surface area contributed by atoms with E-state index in [1.807, 2.05) is 30.3 Å². The van der Waals surface area contributed by atoms with Crippen molar-refractivity contribution in [2.24, 2.45) is 0 Å². The van der Waals surface area contributed by atoms with Crippen LogP contribution in [-0.2, 0) is 14.8 Å². The van der Waals surface area contributed by atoms with E-state index in [0.717, 1.165) is 27.8 Å². The van der Waals surface area contributed by atoms with Crippen LogP contribution < -0.4 is 14.4 Å². The minimum absolute atomic E-state index is 0.0852. The fourth-order valence-electron chi connectivity index (χ4n) is 3.00. The molecule has 1 N–H and O–H groups in total. The molecule has 1 heterocycles. The molecule has 4 aromatic rings. The van der Waals surface area contributed by atoms with Gasteiger partial charge in [0.2, 0.25) is 5.91 Å². The van der Waals surface area contributed by atoms with Crippen LogP contribution in [0.2, 0.25) is 0 Å². The lowest BCUT2D eigenvalue weighted by atomic mass is 10.3. The number of carbonyl (C=O) groups is 1. The van der Waals surface area contributed by atoms with E-state index in [0.29, 0.717) is 17.2 Å². The minimum Gasteiger partial charge on any atom is -0.457 e. The first-order chi connectivity index (χ1) is 15.9. The highest BCUT2D eigenvalue weighted by Gasteiger charge is 2.28. The number of carbonyl (C=O) groups excluding carboxylic acids is 1. The van der Waals surface area contributed by atoms with Gasteiger partial charge in [-0.15, -0.1) is 11.3 Å². The Morgan fingerprint density at radius 3 is 2.18 bits per heavy atom. The number of hydrogen-bond donors (Lipinski definition) is 1. The molecule has 168 valence electrons. The lowest BCUT2D eigenvalue weighted by molar-refractivity contribution is -0.114. The lowest BCUT2D eigenvalue weighted by Crippen LogP contribution is -2.37. The van der Waals surface area contributed by atoms with Crippen LogP contribution in [0.4, 0.5) is 15.8 Å². The molecule has 0 fully saturated rings. The summed E-state index contributed by atoms with van der Waals surface area (Å²) in [5, 5.41) is 4.32. The maximum absolute atomic E-state index is 13.4. The van der Waals surface area contributed by atoms with Crippen molar-refractivity contribution in [2.45, 2.75) is 4.21 Å². The van der Waals surface area contributed by atoms with E-state index in [9.17, 15) is 17.6 Å². The van der Waals surface area contributed by atoms with E-state index >= 15 is 0 Å². The van der Waals surface area contributed by atoms with Crippen molar-refractivity contribution in [3.63, 3.8) is 0 Å². The Kier molecular flexibility index (Phi) is 6.71. The Labute approximate surface area is 194 Å². The summed E-state index contributed by atoms with van der Waals surface area (Å²) in [4.78, 5) is 12.7. The number of para-hydroxylation sites is 1. The van der Waals surface area contributed by atoms with E-state index in [1.165, 1.54) is 18.2 Å². The average Bonchev–Trinajstić information content (AvgIpc) is 3.36. The van der Waals surface area contributed by atoms with Crippen molar-refractivity contribution in [2.75, 3.05) is 16.2 Å². The number of nitrogens with one attached hydrogen (secondary N) is 1. The van der Waals surface area contributed by atoms with Crippen molar-refractivity contribution < 1.29 is 22.3 Å². The summed E-state index contributed by atoms with van der Waals surface area (Å²) in [6, 6.07) is 24.0. The van der Waals surface area contributed by atoms with Crippen molar-refractivity contribution >= 4 is 38.6 Å². The van der Waals surface area contributed by atoms with Crippen LogP contribution in [-0.4, -0.2) is 20.9 Å². The number of benzene rings is 3. The summed E-state index contributed by atoms with van der Waals surface area (Å²) in [7, 11) is -4.00. The molecule has 0 radical (unpaired) electrons. The molecule has 0 saturated heterocycles. The zero-order valence-electron chi connectivity index (χ0n) is 17.2. The Morgan fingerprint density at radius 2 is 1.55 bits per heavy atom. The molecule has 0 aliphatic carbocycles. The normalized spacial score (nSPS) is 11.1. The predicted molar refractivity (Wildman–Crippen MR) is 127 cm³/mol. The number of sulfonamides is 1. The number of nitrogens with zero attached hydrogens (tertiary/aromatic N) is 1. The summed E-state index contributed by atoms with van der Waals surface area (Å²) in [6.45, 7) is -0.478. The van der Waals surface area contributed by atoms with Crippen LogP contribution in [0.15, 0.2) is 101 Å². The van der Waals surface area contributed by atoms with Gasteiger partial charge < -0.3 is 10.1 Å². The fourth-order valence-corrected chi connectivity index (χ4v) is 5.53. The molecule has 0 bridgehead atoms. The molecule has 0 saturated carbocycles. The molecule has 0 unspecified atom stereocenters. The van der Waals surface area contributed by atoms with Crippen LogP contribution in [0.1, 0.15) is 0 Å². The second kappa shape index (κ2) is 9.85. The van der Waals surface area contributed by atoms with E-state index in [1.54, 1.807) is 35.7 Å². The van der Waals surface area contributed by atoms with Gasteiger partial charge in [0.25, 0.3) is 10.0 Å². The van der Waals surface area contributed by atoms with Crippen LogP contribution in [0.5, 0.6) is 11.5 Å². The van der Waals surface area contributed by atoms with Gasteiger partial charge in [0.1, 0.15) is 28.1 Å². The summed E-state index contributed by atoms with van der Waals surface area (Å²) in [5.74, 6) is 0.223. The number of thiophene rings is 1. The molecule has 1 amide bonds. The molecular formula is C24H19FN2O4S2. The smallest absolute Gasteiger partial charge is 0.274 e. The summed E-state index contributed by atoms with van der Waals surface area (Å²) in [5.41, 5.74) is 0.666. The topological polar surface area (TPSA) is 75.7 Å². The van der Waals surface area contributed by atoms with Gasteiger partial charge in [0, 0.05) is 5.69 Å². The van der Waals surface area contributed by atoms with Crippen LogP contribution in [0, 0.1) is 5.82 Å². The van der Waals surface area contributed by atoms with Crippen LogP contribution in [0.3, 0.4) is 0 Å². The number of rotatable bonds is 8. The maximum atomic E-state index is 13.4. The van der Waals surface area contributed by atoms with Crippen LogP contribution in [0.25, 0.3) is 0 Å². The standard InChI is InChI=1S/C24H19FN2O4S2/c25-18-8-12-20(13-9-18)27(33(29,30)24-7-4-16-32-24)17-23(28)26-19-10-14-22(15-11-19)31-21-5-2-1-3-6-21/h1-16H,17H2,(H,26,28). The monoisotopic (exact) mass is 482 g/mol. The number of amides is 1. The van der Waals surface area contributed by atoms with Gasteiger partial charge in [0.05, 0.1) is 5.69 Å². The molecule has 0 atom stereocenters. The zero-order valence-corrected chi connectivity index (χ0v) is 18.9. The summed E-state index contributed by atoms with van der Waals surface area (Å²) >= 11 is 1.04. The van der Waals surface area contributed by atoms with Crippen molar-refractivity contribution in [3.05, 3.63) is 102 Å². The summed E-state index contributed by atoms with van der Waals surface area (Å²) in [6.07, 6.45) is 0. The quantitative estimate of drug-likeness (QED) is 0.359. The van der Waals surface area contributed by atoms with Crippen LogP contribution >= 0.6 is 11.3 Å². The molecule has 33 heavy (non-hydrogen) atoms. The number of ether oxygens (including phenoxy) is 1. The van der Waals surface area contributed by atoms with Gasteiger partial charge in [-0.3, -0.25) is 9.10 Å². The maximum Gasteiger partial charge on any atom is 0.274 e. The average molecular weight is 483 g/mol. The third kappa shape index (κ3) is 5.57. The van der Waals surface area contributed by atoms with E-state index < -0.39 is 28.3 Å². The van der Waals surface area contributed by atoms with Gasteiger partial charge in [0.15, 0.2) is 0 Å². The third-order valence-electron chi connectivity index (χ3n) is 4.56. The highest BCUT2D eigenvalue weighted by molar-refractivity contribution is 7.94. The van der Waals surface area contributed by atoms with E-state index in [2.05, 4.69) is 5.32 Å². The first-order valence-corrected chi connectivity index (χ1v) is 12.2. The second-order valence-corrected chi connectivity index (χ2v) is 9.94. The minimum atomic E-state index is -4.00. The summed E-state index contributed by atoms with van der Waals surface area (Å²) < 4.78 is 46.4. The van der Waals surface area contributed by atoms with E-state index in [4.69, 9.17) is 4.74 Å². The molecular weight excluding hydrogens is 463 g/mol. The van der Waals surface area contributed by atoms with Gasteiger partial charge in [-0.1, -0.05) is 24.3 Å². The predicted octanol–water partition coefficient (Wildman–Crippen LogP) is 5.51. The SMILES string of the molecule is O=C(CN(c1ccc(F)cc1)S(=O)(=O)c1cccs1)Nc1ccc(Oc2ccccc2)cc1. The Bertz CT molecular complexity index is 1310. The Hall–Kier alpha value is -3.69. The van der Waals surface area contributed by atoms with Gasteiger partial charge in [-0.2, -0.15) is 0 Å². The first-order valence-electron chi connectivity index (χ1n) is 9.86. The largest absolute Gasteiger partial charge is 0.457 e. The highest BCUT2D eigenvalue weighted by Crippen LogP contribution is 2.27. The van der Waals surface area contributed by atoms with Gasteiger partial charge >= 0.3 is 0 Å². The Balaban J connectivity index is 1.49. The second-order valence-electron chi connectivity index (χ2n) is 6.91. The zero-order chi connectivity index (χ0) is 23.3. The third-order valence-corrected chi connectivity index (χ3v) is 7.71. The number of anilines is 2. The number of halogens is 1. The first kappa shape index (κ1) is 22.5. The Morgan fingerprint density at radius 1 is 0.879 bits per heavy atom. The van der Waals surface area contributed by atoms with Crippen molar-refractivity contribution in [1.82, 2.24) is 0 Å². The molecule has 0 aliphatic heterocycles. The fraction of sp³-hybridized carbons (Fsp3) is 0.0417. The molecule has 6 nitrogen and oxygen atoms in total. The van der Waals surface area contributed by atoms with Gasteiger partial charge in [-0.25, -0.2) is 12.8 Å². The molecule has 0 aliphatic rings. The molecule has 3 aromatic carbocycles. The highest BCUT2D eigenvalue weighted by atomic mass is 32.2. The number of hydrogen-bond acceptors (Lipinski definition) is 5. The van der Waals surface area contributed by atoms with Gasteiger partial charge in [-0.05, 0) is 72.1 Å². The van der Waals surface area contributed by atoms with Crippen molar-refractivity contribution in [1.29, 1.82) is 0 Å². The molecule has 9 heteroatoms. The lowest BCUT2D eigenvalue weighted by Gasteiger charge is -2.23. The molecule has 1 aromatic heterocycles. The molecule has 4 rings (SSSR count).